The highest BCUT2D eigenvalue weighted by Gasteiger charge is 2.35. The third-order valence-corrected chi connectivity index (χ3v) is 6.11. The van der Waals surface area contributed by atoms with Crippen molar-refractivity contribution in [3.8, 4) is 0 Å². The van der Waals surface area contributed by atoms with Crippen LogP contribution in [0.3, 0.4) is 0 Å². The zero-order valence-corrected chi connectivity index (χ0v) is 14.0. The zero-order valence-electron chi connectivity index (χ0n) is 12.4. The monoisotopic (exact) mass is 302 g/mol. The maximum atomic E-state index is 3.94. The predicted molar refractivity (Wildman–Crippen MR) is 81.7 cm³/mol. The van der Waals surface area contributed by atoms with Crippen molar-refractivity contribution in [2.45, 2.75) is 78.0 Å². The maximum Gasteiger partial charge on any atom is 0.0174 e. The summed E-state index contributed by atoms with van der Waals surface area (Å²) in [5.41, 5.74) is 0.499. The van der Waals surface area contributed by atoms with E-state index in [2.05, 4.69) is 50.5 Å². The minimum atomic E-state index is 0.499. The van der Waals surface area contributed by atoms with E-state index in [-0.39, 0.29) is 0 Å². The Balaban J connectivity index is 2.57. The maximum absolute atomic E-state index is 3.94. The molecule has 0 aliphatic heterocycles. The third-order valence-electron chi connectivity index (χ3n) is 4.91. The normalized spacial score (nSPS) is 30.9. The lowest BCUT2D eigenvalue weighted by Gasteiger charge is -2.41. The molecule has 0 N–H and O–H groups in total. The summed E-state index contributed by atoms with van der Waals surface area (Å²) < 4.78 is 0. The largest absolute Gasteiger partial charge is 0.0888 e. The van der Waals surface area contributed by atoms with Crippen LogP contribution in [0.15, 0.2) is 0 Å². The van der Waals surface area contributed by atoms with Gasteiger partial charge in [-0.1, -0.05) is 63.4 Å². The van der Waals surface area contributed by atoms with Gasteiger partial charge in [0.1, 0.15) is 0 Å². The third kappa shape index (κ3) is 4.58. The van der Waals surface area contributed by atoms with Gasteiger partial charge in [0.15, 0.2) is 0 Å². The van der Waals surface area contributed by atoms with Crippen molar-refractivity contribution < 1.29 is 0 Å². The molecular formula is C16H31Br. The fourth-order valence-electron chi connectivity index (χ4n) is 3.31. The topological polar surface area (TPSA) is 0 Å². The van der Waals surface area contributed by atoms with Crippen LogP contribution < -0.4 is 0 Å². The van der Waals surface area contributed by atoms with Crippen LogP contribution >= 0.6 is 15.9 Å². The van der Waals surface area contributed by atoms with Gasteiger partial charge in [-0.2, -0.15) is 0 Å². The molecule has 0 aromatic heterocycles. The van der Waals surface area contributed by atoms with Gasteiger partial charge in [-0.3, -0.25) is 0 Å². The Kier molecular flexibility index (Phi) is 6.02. The first kappa shape index (κ1) is 15.5. The first-order chi connectivity index (χ1) is 7.88. The summed E-state index contributed by atoms with van der Waals surface area (Å²) in [5, 5.41) is 0. The SMILES string of the molecule is CCC(CC)CC1CC(C(C)(C)C)CCC1Br. The fourth-order valence-corrected chi connectivity index (χ4v) is 4.00. The van der Waals surface area contributed by atoms with Gasteiger partial charge in [-0.15, -0.1) is 0 Å². The molecule has 0 aromatic carbocycles. The molecule has 1 fully saturated rings. The molecule has 0 saturated heterocycles. The van der Waals surface area contributed by atoms with Crippen LogP contribution in [0.4, 0.5) is 0 Å². The number of rotatable bonds is 4. The van der Waals surface area contributed by atoms with Gasteiger partial charge in [0.05, 0.1) is 0 Å². The number of hydrogen-bond acceptors (Lipinski definition) is 0. The Morgan fingerprint density at radius 3 is 2.18 bits per heavy atom. The smallest absolute Gasteiger partial charge is 0.0174 e. The van der Waals surface area contributed by atoms with Gasteiger partial charge >= 0.3 is 0 Å². The van der Waals surface area contributed by atoms with E-state index in [9.17, 15) is 0 Å². The highest BCUT2D eigenvalue weighted by atomic mass is 79.9. The molecule has 1 rings (SSSR count). The van der Waals surface area contributed by atoms with Crippen LogP contribution in [0.25, 0.3) is 0 Å². The van der Waals surface area contributed by atoms with Crippen molar-refractivity contribution in [3.05, 3.63) is 0 Å². The summed E-state index contributed by atoms with van der Waals surface area (Å²) in [4.78, 5) is 0.779. The van der Waals surface area contributed by atoms with Gasteiger partial charge in [0.2, 0.25) is 0 Å². The van der Waals surface area contributed by atoms with E-state index in [4.69, 9.17) is 0 Å². The number of alkyl halides is 1. The lowest BCUT2D eigenvalue weighted by molar-refractivity contribution is 0.133. The van der Waals surface area contributed by atoms with Crippen LogP contribution in [-0.4, -0.2) is 4.83 Å². The highest BCUT2D eigenvalue weighted by molar-refractivity contribution is 9.09. The standard InChI is InChI=1S/C16H31Br/c1-6-12(7-2)10-13-11-14(16(3,4)5)8-9-15(13)17/h12-15H,6-11H2,1-5H3. The molecule has 1 aliphatic carbocycles. The molecule has 0 aromatic rings. The van der Waals surface area contributed by atoms with Crippen molar-refractivity contribution in [3.63, 3.8) is 0 Å². The summed E-state index contributed by atoms with van der Waals surface area (Å²) in [6.07, 6.45) is 8.39. The van der Waals surface area contributed by atoms with E-state index in [1.807, 2.05) is 0 Å². The van der Waals surface area contributed by atoms with Crippen LogP contribution in [0, 0.1) is 23.2 Å². The minimum absolute atomic E-state index is 0.499. The van der Waals surface area contributed by atoms with Crippen molar-refractivity contribution in [1.29, 1.82) is 0 Å². The summed E-state index contributed by atoms with van der Waals surface area (Å²) in [7, 11) is 0. The molecule has 0 spiro atoms. The van der Waals surface area contributed by atoms with E-state index in [1.165, 1.54) is 38.5 Å². The lowest BCUT2D eigenvalue weighted by Crippen LogP contribution is -2.33. The van der Waals surface area contributed by atoms with Gasteiger partial charge < -0.3 is 0 Å². The first-order valence-electron chi connectivity index (χ1n) is 7.52. The van der Waals surface area contributed by atoms with Crippen molar-refractivity contribution in [2.24, 2.45) is 23.2 Å². The predicted octanol–water partition coefficient (Wildman–Crippen LogP) is 6.04. The molecule has 102 valence electrons. The van der Waals surface area contributed by atoms with Gasteiger partial charge in [0.25, 0.3) is 0 Å². The van der Waals surface area contributed by atoms with Gasteiger partial charge in [-0.05, 0) is 48.9 Å². The second kappa shape index (κ2) is 6.59. The fraction of sp³-hybridized carbons (Fsp3) is 1.00. The van der Waals surface area contributed by atoms with Crippen molar-refractivity contribution in [2.75, 3.05) is 0 Å². The quantitative estimate of drug-likeness (QED) is 0.555. The molecule has 1 saturated carbocycles. The van der Waals surface area contributed by atoms with Crippen LogP contribution in [0.2, 0.25) is 0 Å². The average Bonchev–Trinajstić information content (AvgIpc) is 2.26. The molecule has 1 heteroatoms. The minimum Gasteiger partial charge on any atom is -0.0888 e. The number of halogens is 1. The van der Waals surface area contributed by atoms with Gasteiger partial charge in [0, 0.05) is 4.83 Å². The Hall–Kier alpha value is 0.480. The average molecular weight is 303 g/mol. The Morgan fingerprint density at radius 1 is 1.12 bits per heavy atom. The van der Waals surface area contributed by atoms with E-state index in [0.29, 0.717) is 5.41 Å². The Morgan fingerprint density at radius 2 is 1.71 bits per heavy atom. The van der Waals surface area contributed by atoms with E-state index in [1.54, 1.807) is 0 Å². The van der Waals surface area contributed by atoms with E-state index < -0.39 is 0 Å². The summed E-state index contributed by atoms with van der Waals surface area (Å²) in [6, 6.07) is 0. The van der Waals surface area contributed by atoms with Crippen LogP contribution in [-0.2, 0) is 0 Å². The first-order valence-corrected chi connectivity index (χ1v) is 8.44. The van der Waals surface area contributed by atoms with Crippen molar-refractivity contribution >= 4 is 15.9 Å². The molecular weight excluding hydrogens is 272 g/mol. The summed E-state index contributed by atoms with van der Waals surface area (Å²) in [6.45, 7) is 11.9. The molecule has 17 heavy (non-hydrogen) atoms. The van der Waals surface area contributed by atoms with Crippen LogP contribution in [0.5, 0.6) is 0 Å². The summed E-state index contributed by atoms with van der Waals surface area (Å²) in [5.74, 6) is 2.78. The molecule has 0 bridgehead atoms. The molecule has 0 heterocycles. The Bertz CT molecular complexity index is 212. The molecule has 3 unspecified atom stereocenters. The molecule has 1 aliphatic rings. The van der Waals surface area contributed by atoms with Crippen molar-refractivity contribution in [1.82, 2.24) is 0 Å². The second-order valence-corrected chi connectivity index (χ2v) is 8.25. The number of hydrogen-bond donors (Lipinski definition) is 0. The highest BCUT2D eigenvalue weighted by Crippen LogP contribution is 2.44. The molecule has 0 nitrogen and oxygen atoms in total. The second-order valence-electron chi connectivity index (χ2n) is 7.07. The lowest BCUT2D eigenvalue weighted by atomic mass is 9.67. The zero-order chi connectivity index (χ0) is 13.1. The Labute approximate surface area is 117 Å². The molecule has 0 amide bonds. The van der Waals surface area contributed by atoms with Gasteiger partial charge in [-0.25, -0.2) is 0 Å². The van der Waals surface area contributed by atoms with E-state index in [0.717, 1.165) is 22.6 Å². The summed E-state index contributed by atoms with van der Waals surface area (Å²) >= 11 is 3.94. The molecule has 3 atom stereocenters. The van der Waals surface area contributed by atoms with E-state index >= 15 is 0 Å². The van der Waals surface area contributed by atoms with Crippen LogP contribution in [0.1, 0.15) is 73.1 Å². The molecule has 0 radical (unpaired) electrons.